The molecule has 1 amide bonds. The summed E-state index contributed by atoms with van der Waals surface area (Å²) in [7, 11) is -3.55. The number of carbonyl (C=O) groups is 1. The summed E-state index contributed by atoms with van der Waals surface area (Å²) >= 11 is 0. The van der Waals surface area contributed by atoms with Gasteiger partial charge in [-0.3, -0.25) is 14.4 Å². The maximum Gasteiger partial charge on any atom is 0.274 e. The van der Waals surface area contributed by atoms with Crippen LogP contribution in [-0.2, 0) is 25.1 Å². The molecule has 4 aliphatic heterocycles. The molecule has 0 spiro atoms. The van der Waals surface area contributed by atoms with Crippen molar-refractivity contribution in [2.45, 2.75) is 42.0 Å². The first-order valence-corrected chi connectivity index (χ1v) is 13.8. The van der Waals surface area contributed by atoms with Gasteiger partial charge in [0.1, 0.15) is 0 Å². The highest BCUT2D eigenvalue weighted by molar-refractivity contribution is 7.90. The van der Waals surface area contributed by atoms with Gasteiger partial charge in [-0.15, -0.1) is 0 Å². The van der Waals surface area contributed by atoms with Crippen molar-refractivity contribution in [3.63, 3.8) is 0 Å². The second-order valence-corrected chi connectivity index (χ2v) is 11.5. The fourth-order valence-corrected chi connectivity index (χ4v) is 7.39. The Morgan fingerprint density at radius 1 is 0.941 bits per heavy atom. The van der Waals surface area contributed by atoms with E-state index in [0.717, 1.165) is 51.3 Å². The zero-order chi connectivity index (χ0) is 23.3. The molecule has 3 saturated heterocycles. The highest BCUT2D eigenvalue weighted by Gasteiger charge is 2.40. The Morgan fingerprint density at radius 3 is 2.47 bits per heavy atom. The summed E-state index contributed by atoms with van der Waals surface area (Å²) in [4.78, 5) is 18.1. The van der Waals surface area contributed by atoms with Crippen LogP contribution in [0.15, 0.2) is 29.2 Å². The van der Waals surface area contributed by atoms with E-state index in [1.807, 2.05) is 16.8 Å². The van der Waals surface area contributed by atoms with Gasteiger partial charge in [-0.1, -0.05) is 18.2 Å². The number of benzene rings is 1. The molecule has 182 valence electrons. The third-order valence-electron chi connectivity index (χ3n) is 7.57. The fourth-order valence-electron chi connectivity index (χ4n) is 5.79. The van der Waals surface area contributed by atoms with E-state index in [1.54, 1.807) is 17.0 Å². The number of aromatic nitrogens is 2. The van der Waals surface area contributed by atoms with Gasteiger partial charge in [0.2, 0.25) is 0 Å². The van der Waals surface area contributed by atoms with Crippen molar-refractivity contribution < 1.29 is 22.7 Å². The Kier molecular flexibility index (Phi) is 5.71. The Morgan fingerprint density at radius 2 is 1.68 bits per heavy atom. The van der Waals surface area contributed by atoms with Crippen LogP contribution in [-0.4, -0.2) is 92.6 Å². The predicted octanol–water partition coefficient (Wildman–Crippen LogP) is 1.74. The van der Waals surface area contributed by atoms with E-state index in [2.05, 4.69) is 4.90 Å². The van der Waals surface area contributed by atoms with Crippen molar-refractivity contribution in [3.8, 4) is 11.3 Å². The molecule has 0 saturated carbocycles. The van der Waals surface area contributed by atoms with Gasteiger partial charge in [0.15, 0.2) is 15.5 Å². The van der Waals surface area contributed by atoms with Crippen LogP contribution in [0.3, 0.4) is 0 Å². The summed E-state index contributed by atoms with van der Waals surface area (Å²) in [5.41, 5.74) is 2.27. The first kappa shape index (κ1) is 22.2. The Bertz CT molecular complexity index is 1200. The lowest BCUT2D eigenvalue weighted by atomic mass is 10.0. The number of hydrogen-bond acceptors (Lipinski definition) is 7. The average Bonchev–Trinajstić information content (AvgIpc) is 3.50. The Labute approximate surface area is 199 Å². The Hall–Kier alpha value is -2.27. The van der Waals surface area contributed by atoms with Gasteiger partial charge < -0.3 is 14.4 Å². The largest absolute Gasteiger partial charge is 0.381 e. The number of carbonyl (C=O) groups excluding carboxylic acids is 1. The average molecular weight is 487 g/mol. The van der Waals surface area contributed by atoms with E-state index >= 15 is 0 Å². The monoisotopic (exact) mass is 486 g/mol. The lowest BCUT2D eigenvalue weighted by Gasteiger charge is -2.31. The molecule has 6 rings (SSSR count). The van der Waals surface area contributed by atoms with E-state index in [9.17, 15) is 13.2 Å². The first-order valence-electron chi connectivity index (χ1n) is 12.2. The maximum absolute atomic E-state index is 13.5. The van der Waals surface area contributed by atoms with Crippen LogP contribution in [0.1, 0.15) is 41.4 Å². The summed E-state index contributed by atoms with van der Waals surface area (Å²) in [5, 5.41) is 4.86. The zero-order valence-electron chi connectivity index (χ0n) is 19.2. The SMILES string of the molecule is O=C(c1nn([C@@H]2CCN(C3CCOCC3)C2)c2c1CS(=O)(=O)c1ccccc1-2)N1CCOCC1. The predicted molar refractivity (Wildman–Crippen MR) is 124 cm³/mol. The molecule has 1 atom stereocenters. The zero-order valence-corrected chi connectivity index (χ0v) is 20.0. The van der Waals surface area contributed by atoms with Crippen LogP contribution in [0.2, 0.25) is 0 Å². The minimum Gasteiger partial charge on any atom is -0.381 e. The number of rotatable bonds is 3. The van der Waals surface area contributed by atoms with Gasteiger partial charge in [0.05, 0.1) is 35.6 Å². The molecule has 1 aromatic heterocycles. The standard InChI is InChI=1S/C24H30N4O5S/c29-24(26-9-13-33-14-10-26)22-20-16-34(30,31)21-4-2-1-3-19(21)23(20)28(25-22)18-5-8-27(15-18)17-6-11-32-12-7-17/h1-4,17-18H,5-16H2/t18-/m1/s1. The molecule has 5 heterocycles. The number of likely N-dealkylation sites (tertiary alicyclic amines) is 1. The normalized spacial score (nSPS) is 25.2. The fraction of sp³-hybridized carbons (Fsp3) is 0.583. The number of sulfone groups is 1. The molecule has 4 aliphatic rings. The van der Waals surface area contributed by atoms with Crippen LogP contribution in [0, 0.1) is 0 Å². The third kappa shape index (κ3) is 3.77. The quantitative estimate of drug-likeness (QED) is 0.652. The number of morpholine rings is 1. The highest BCUT2D eigenvalue weighted by Crippen LogP contribution is 2.42. The molecule has 0 N–H and O–H groups in total. The first-order chi connectivity index (χ1) is 16.5. The number of fused-ring (bicyclic) bond motifs is 3. The summed E-state index contributed by atoms with van der Waals surface area (Å²) in [6.45, 7) is 5.36. The summed E-state index contributed by atoms with van der Waals surface area (Å²) in [6.07, 6.45) is 2.99. The molecule has 9 nitrogen and oxygen atoms in total. The van der Waals surface area contributed by atoms with Gasteiger partial charge in [-0.2, -0.15) is 5.10 Å². The maximum atomic E-state index is 13.5. The van der Waals surface area contributed by atoms with Gasteiger partial charge in [0.25, 0.3) is 5.91 Å². The van der Waals surface area contributed by atoms with Crippen molar-refractivity contribution in [1.29, 1.82) is 0 Å². The summed E-state index contributed by atoms with van der Waals surface area (Å²) < 4.78 is 39.3. The second-order valence-electron chi connectivity index (χ2n) is 9.56. The van der Waals surface area contributed by atoms with Crippen molar-refractivity contribution in [2.24, 2.45) is 0 Å². The van der Waals surface area contributed by atoms with Gasteiger partial charge in [-0.05, 0) is 25.3 Å². The van der Waals surface area contributed by atoms with E-state index < -0.39 is 9.84 Å². The lowest BCUT2D eigenvalue weighted by molar-refractivity contribution is 0.0297. The van der Waals surface area contributed by atoms with Crippen molar-refractivity contribution in [1.82, 2.24) is 19.6 Å². The molecular weight excluding hydrogens is 456 g/mol. The number of ether oxygens (including phenoxy) is 2. The van der Waals surface area contributed by atoms with Gasteiger partial charge in [0, 0.05) is 56.6 Å². The minimum absolute atomic E-state index is 0.0942. The van der Waals surface area contributed by atoms with Crippen LogP contribution in [0.25, 0.3) is 11.3 Å². The molecule has 2 aromatic rings. The van der Waals surface area contributed by atoms with Crippen molar-refractivity contribution in [3.05, 3.63) is 35.5 Å². The topological polar surface area (TPSA) is 94.0 Å². The lowest BCUT2D eigenvalue weighted by Crippen LogP contribution is -2.41. The summed E-state index contributed by atoms with van der Waals surface area (Å²) in [6, 6.07) is 7.72. The molecule has 3 fully saturated rings. The number of nitrogens with zero attached hydrogens (tertiary/aromatic N) is 4. The van der Waals surface area contributed by atoms with Gasteiger partial charge in [-0.25, -0.2) is 8.42 Å². The molecule has 1 aromatic carbocycles. The number of hydrogen-bond donors (Lipinski definition) is 0. The molecule has 0 aliphatic carbocycles. The van der Waals surface area contributed by atoms with Crippen molar-refractivity contribution >= 4 is 15.7 Å². The Balaban J connectivity index is 1.42. The molecule has 0 radical (unpaired) electrons. The third-order valence-corrected chi connectivity index (χ3v) is 9.26. The summed E-state index contributed by atoms with van der Waals surface area (Å²) in [5.74, 6) is -0.395. The van der Waals surface area contributed by atoms with Gasteiger partial charge >= 0.3 is 0 Å². The van der Waals surface area contributed by atoms with E-state index in [4.69, 9.17) is 14.6 Å². The molecule has 0 bridgehead atoms. The van der Waals surface area contributed by atoms with Crippen LogP contribution in [0.5, 0.6) is 0 Å². The van der Waals surface area contributed by atoms with Crippen molar-refractivity contribution in [2.75, 3.05) is 52.6 Å². The molecule has 34 heavy (non-hydrogen) atoms. The molecule has 0 unspecified atom stereocenters. The van der Waals surface area contributed by atoms with E-state index in [1.165, 1.54) is 0 Å². The second kappa shape index (κ2) is 8.75. The van der Waals surface area contributed by atoms with E-state index in [0.29, 0.717) is 48.4 Å². The highest BCUT2D eigenvalue weighted by atomic mass is 32.2. The van der Waals surface area contributed by atoms with Crippen LogP contribution in [0.4, 0.5) is 0 Å². The van der Waals surface area contributed by atoms with Crippen LogP contribution < -0.4 is 0 Å². The minimum atomic E-state index is -3.55. The van der Waals surface area contributed by atoms with E-state index in [-0.39, 0.29) is 23.4 Å². The smallest absolute Gasteiger partial charge is 0.274 e. The van der Waals surface area contributed by atoms with Crippen LogP contribution >= 0.6 is 0 Å². The number of amides is 1. The molecular formula is C24H30N4O5S. The molecule has 10 heteroatoms.